The van der Waals surface area contributed by atoms with Gasteiger partial charge >= 0.3 is 0 Å². The average Bonchev–Trinajstić information content (AvgIpc) is 2.58. The van der Waals surface area contributed by atoms with Gasteiger partial charge in [-0.25, -0.2) is 4.68 Å². The van der Waals surface area contributed by atoms with Gasteiger partial charge in [-0.2, -0.15) is 0 Å². The Hall–Kier alpha value is -1.91. The van der Waals surface area contributed by atoms with Crippen LogP contribution < -0.4 is 5.11 Å². The lowest BCUT2D eigenvalue weighted by Gasteiger charge is -2.04. The normalized spacial score (nSPS) is 10.0. The third-order valence-electron chi connectivity index (χ3n) is 1.45. The molecule has 5 nitrogen and oxygen atoms in total. The van der Waals surface area contributed by atoms with Gasteiger partial charge in [0, 0.05) is 0 Å². The summed E-state index contributed by atoms with van der Waals surface area (Å²) in [6, 6.07) is 6.27. The van der Waals surface area contributed by atoms with Crippen molar-refractivity contribution in [3.8, 4) is 11.4 Å². The van der Waals surface area contributed by atoms with Crippen LogP contribution >= 0.6 is 0 Å². The minimum absolute atomic E-state index is 0.0215. The molecule has 0 saturated heterocycles. The molecule has 1 aromatic carbocycles. The SMILES string of the molecule is [O-]c1ccc(-n2cnnn2)cc1. The van der Waals surface area contributed by atoms with E-state index in [1.807, 2.05) is 0 Å². The number of benzene rings is 1. The Morgan fingerprint density at radius 1 is 1.17 bits per heavy atom. The first-order valence-corrected chi connectivity index (χ1v) is 3.37. The highest BCUT2D eigenvalue weighted by molar-refractivity contribution is 5.34. The number of hydrogen-bond acceptors (Lipinski definition) is 4. The summed E-state index contributed by atoms with van der Waals surface area (Å²) in [5.41, 5.74) is 0.777. The van der Waals surface area contributed by atoms with Crippen molar-refractivity contribution < 1.29 is 5.11 Å². The maximum atomic E-state index is 10.7. The summed E-state index contributed by atoms with van der Waals surface area (Å²) in [6.45, 7) is 0. The number of rotatable bonds is 1. The van der Waals surface area contributed by atoms with E-state index in [4.69, 9.17) is 0 Å². The molecule has 0 bridgehead atoms. The first kappa shape index (κ1) is 6.78. The van der Waals surface area contributed by atoms with E-state index in [-0.39, 0.29) is 5.75 Å². The van der Waals surface area contributed by atoms with E-state index in [2.05, 4.69) is 15.5 Å². The maximum Gasteiger partial charge on any atom is 0.143 e. The van der Waals surface area contributed by atoms with Crippen LogP contribution in [0.2, 0.25) is 0 Å². The summed E-state index contributed by atoms with van der Waals surface area (Å²) in [5.74, 6) is -0.0215. The van der Waals surface area contributed by atoms with Crippen LogP contribution in [-0.2, 0) is 0 Å². The molecule has 5 heteroatoms. The summed E-state index contributed by atoms with van der Waals surface area (Å²) >= 11 is 0. The predicted octanol–water partition coefficient (Wildman–Crippen LogP) is -0.264. The molecule has 1 heterocycles. The monoisotopic (exact) mass is 161 g/mol. The van der Waals surface area contributed by atoms with Gasteiger partial charge in [-0.15, -0.1) is 10.8 Å². The Bertz CT molecular complexity index is 353. The minimum Gasteiger partial charge on any atom is -0.872 e. The second kappa shape index (κ2) is 2.61. The van der Waals surface area contributed by atoms with Gasteiger partial charge < -0.3 is 5.11 Å². The van der Waals surface area contributed by atoms with Crippen molar-refractivity contribution in [2.75, 3.05) is 0 Å². The predicted molar refractivity (Wildman–Crippen MR) is 38.6 cm³/mol. The van der Waals surface area contributed by atoms with E-state index < -0.39 is 0 Å². The van der Waals surface area contributed by atoms with Crippen LogP contribution in [0.3, 0.4) is 0 Å². The third kappa shape index (κ3) is 1.12. The van der Waals surface area contributed by atoms with Gasteiger partial charge in [-0.1, -0.05) is 12.1 Å². The Kier molecular flexibility index (Phi) is 1.48. The molecular formula is C7H5N4O-. The third-order valence-corrected chi connectivity index (χ3v) is 1.45. The van der Waals surface area contributed by atoms with Crippen molar-refractivity contribution in [3.05, 3.63) is 30.6 Å². The molecule has 0 aliphatic heterocycles. The number of hydrogen-bond donors (Lipinski definition) is 0. The summed E-state index contributed by atoms with van der Waals surface area (Å²) < 4.78 is 1.49. The summed E-state index contributed by atoms with van der Waals surface area (Å²) in [7, 11) is 0. The molecule has 0 aliphatic rings. The van der Waals surface area contributed by atoms with Crippen LogP contribution in [0.25, 0.3) is 5.69 Å². The number of nitrogens with zero attached hydrogens (tertiary/aromatic N) is 4. The smallest absolute Gasteiger partial charge is 0.143 e. The maximum absolute atomic E-state index is 10.7. The van der Waals surface area contributed by atoms with Gasteiger partial charge in [0.15, 0.2) is 0 Å². The Morgan fingerprint density at radius 3 is 2.50 bits per heavy atom. The molecule has 0 spiro atoms. The van der Waals surface area contributed by atoms with E-state index in [1.54, 1.807) is 12.1 Å². The molecule has 1 aromatic heterocycles. The van der Waals surface area contributed by atoms with Crippen LogP contribution in [0.15, 0.2) is 30.6 Å². The van der Waals surface area contributed by atoms with Crippen molar-refractivity contribution in [3.63, 3.8) is 0 Å². The fourth-order valence-corrected chi connectivity index (χ4v) is 0.878. The van der Waals surface area contributed by atoms with Gasteiger partial charge in [0.05, 0.1) is 5.69 Å². The molecule has 0 fully saturated rings. The molecule has 12 heavy (non-hydrogen) atoms. The lowest BCUT2D eigenvalue weighted by atomic mass is 10.3. The van der Waals surface area contributed by atoms with E-state index in [1.165, 1.54) is 23.1 Å². The fraction of sp³-hybridized carbons (Fsp3) is 0. The highest BCUT2D eigenvalue weighted by atomic mass is 16.3. The zero-order valence-electron chi connectivity index (χ0n) is 6.08. The van der Waals surface area contributed by atoms with Crippen molar-refractivity contribution in [1.29, 1.82) is 0 Å². The fourth-order valence-electron chi connectivity index (χ4n) is 0.878. The Balaban J connectivity index is 2.43. The zero-order chi connectivity index (χ0) is 8.39. The number of aromatic nitrogens is 4. The van der Waals surface area contributed by atoms with Crippen molar-refractivity contribution >= 4 is 0 Å². The van der Waals surface area contributed by atoms with Gasteiger partial charge in [-0.05, 0) is 22.6 Å². The van der Waals surface area contributed by atoms with Crippen LogP contribution in [0.1, 0.15) is 0 Å². The molecule has 0 atom stereocenters. The van der Waals surface area contributed by atoms with Gasteiger partial charge in [-0.3, -0.25) is 0 Å². The standard InChI is InChI=1S/C7H6N4O/c12-7-3-1-6(2-4-7)11-5-8-9-10-11/h1-5,12H/p-1. The molecule has 0 aliphatic carbocycles. The number of tetrazole rings is 1. The van der Waals surface area contributed by atoms with Crippen molar-refractivity contribution in [2.45, 2.75) is 0 Å². The van der Waals surface area contributed by atoms with Gasteiger partial charge in [0.1, 0.15) is 6.33 Å². The van der Waals surface area contributed by atoms with E-state index in [9.17, 15) is 5.11 Å². The Morgan fingerprint density at radius 2 is 1.92 bits per heavy atom. The van der Waals surface area contributed by atoms with Crippen molar-refractivity contribution in [2.24, 2.45) is 0 Å². The second-order valence-corrected chi connectivity index (χ2v) is 2.25. The second-order valence-electron chi connectivity index (χ2n) is 2.25. The molecule has 2 rings (SSSR count). The van der Waals surface area contributed by atoms with Crippen LogP contribution in [0.5, 0.6) is 5.75 Å². The molecule has 0 amide bonds. The molecular weight excluding hydrogens is 156 g/mol. The average molecular weight is 161 g/mol. The molecule has 2 aromatic rings. The zero-order valence-corrected chi connectivity index (χ0v) is 6.08. The lowest BCUT2D eigenvalue weighted by Crippen LogP contribution is -1.95. The molecule has 0 radical (unpaired) electrons. The van der Waals surface area contributed by atoms with E-state index in [0.717, 1.165) is 5.69 Å². The van der Waals surface area contributed by atoms with E-state index >= 15 is 0 Å². The largest absolute Gasteiger partial charge is 0.872 e. The Labute approximate surface area is 68.3 Å². The highest BCUT2D eigenvalue weighted by Crippen LogP contribution is 2.08. The highest BCUT2D eigenvalue weighted by Gasteiger charge is 1.93. The molecule has 0 unspecified atom stereocenters. The van der Waals surface area contributed by atoms with Crippen LogP contribution in [0, 0.1) is 0 Å². The summed E-state index contributed by atoms with van der Waals surface area (Å²) in [6.07, 6.45) is 1.47. The van der Waals surface area contributed by atoms with E-state index in [0.29, 0.717) is 0 Å². The quantitative estimate of drug-likeness (QED) is 0.577. The first-order chi connectivity index (χ1) is 5.86. The first-order valence-electron chi connectivity index (χ1n) is 3.37. The van der Waals surface area contributed by atoms with Crippen LogP contribution in [0.4, 0.5) is 0 Å². The molecule has 0 saturated carbocycles. The molecule has 60 valence electrons. The topological polar surface area (TPSA) is 66.7 Å². The minimum atomic E-state index is -0.0215. The van der Waals surface area contributed by atoms with Gasteiger partial charge in [0.2, 0.25) is 0 Å². The summed E-state index contributed by atoms with van der Waals surface area (Å²) in [4.78, 5) is 0. The van der Waals surface area contributed by atoms with Crippen LogP contribution in [-0.4, -0.2) is 20.2 Å². The molecule has 0 N–H and O–H groups in total. The lowest BCUT2D eigenvalue weighted by molar-refractivity contribution is -0.268. The van der Waals surface area contributed by atoms with Gasteiger partial charge in [0.25, 0.3) is 0 Å². The summed E-state index contributed by atoms with van der Waals surface area (Å²) in [5, 5.41) is 21.4. The van der Waals surface area contributed by atoms with Crippen molar-refractivity contribution in [1.82, 2.24) is 20.2 Å².